The lowest BCUT2D eigenvalue weighted by Gasteiger charge is -2.25. The summed E-state index contributed by atoms with van der Waals surface area (Å²) in [5, 5.41) is 6.86. The second-order valence-corrected chi connectivity index (χ2v) is 7.51. The van der Waals surface area contributed by atoms with Gasteiger partial charge in [0.25, 0.3) is 5.89 Å². The van der Waals surface area contributed by atoms with Gasteiger partial charge in [0.15, 0.2) is 12.4 Å². The summed E-state index contributed by atoms with van der Waals surface area (Å²) in [6, 6.07) is 5.87. The number of carbonyl (C=O) groups excluding carboxylic acids is 1. The van der Waals surface area contributed by atoms with Crippen LogP contribution in [0.5, 0.6) is 5.75 Å². The summed E-state index contributed by atoms with van der Waals surface area (Å²) in [5.74, 6) is 1.77. The van der Waals surface area contributed by atoms with Crippen molar-refractivity contribution in [3.05, 3.63) is 41.0 Å². The molecule has 0 aliphatic rings. The van der Waals surface area contributed by atoms with Gasteiger partial charge in [-0.15, -0.1) is 0 Å². The summed E-state index contributed by atoms with van der Waals surface area (Å²) in [6.07, 6.45) is 0.515. The zero-order chi connectivity index (χ0) is 19.3. The quantitative estimate of drug-likeness (QED) is 0.855. The van der Waals surface area contributed by atoms with E-state index in [1.54, 1.807) is 11.9 Å². The van der Waals surface area contributed by atoms with Crippen molar-refractivity contribution in [2.45, 2.75) is 53.2 Å². The maximum absolute atomic E-state index is 12.0. The average molecular weight is 360 g/mol. The van der Waals surface area contributed by atoms with E-state index in [2.05, 4.69) is 21.5 Å². The second kappa shape index (κ2) is 8.21. The van der Waals surface area contributed by atoms with Crippen LogP contribution in [0.25, 0.3) is 0 Å². The molecule has 0 saturated heterocycles. The highest BCUT2D eigenvalue weighted by atomic mass is 16.5. The topological polar surface area (TPSA) is 80.5 Å². The summed E-state index contributed by atoms with van der Waals surface area (Å²) in [4.78, 5) is 18.0. The first-order chi connectivity index (χ1) is 12.1. The van der Waals surface area contributed by atoms with E-state index < -0.39 is 0 Å². The summed E-state index contributed by atoms with van der Waals surface area (Å²) < 4.78 is 11.0. The molecule has 2 aromatic rings. The van der Waals surface area contributed by atoms with Gasteiger partial charge in [0.2, 0.25) is 0 Å². The monoisotopic (exact) mass is 360 g/mol. The van der Waals surface area contributed by atoms with Crippen LogP contribution in [0.1, 0.15) is 43.6 Å². The summed E-state index contributed by atoms with van der Waals surface area (Å²) in [5.41, 5.74) is 1.99. The van der Waals surface area contributed by atoms with E-state index in [-0.39, 0.29) is 18.2 Å². The Bertz CT molecular complexity index is 749. The number of likely N-dealkylation sites (N-methyl/N-ethyl adjacent to an activating group) is 1. The zero-order valence-corrected chi connectivity index (χ0v) is 16.4. The maximum atomic E-state index is 12.0. The third-order valence-corrected chi connectivity index (χ3v) is 3.69. The minimum Gasteiger partial charge on any atom is -0.483 e. The van der Waals surface area contributed by atoms with Crippen molar-refractivity contribution in [1.82, 2.24) is 20.4 Å². The summed E-state index contributed by atoms with van der Waals surface area (Å²) >= 11 is 0. The van der Waals surface area contributed by atoms with Gasteiger partial charge in [-0.3, -0.25) is 0 Å². The van der Waals surface area contributed by atoms with E-state index in [4.69, 9.17) is 9.26 Å². The van der Waals surface area contributed by atoms with Crippen LogP contribution in [0.3, 0.4) is 0 Å². The molecule has 2 amide bonds. The Morgan fingerprint density at radius 3 is 2.69 bits per heavy atom. The molecule has 2 rings (SSSR count). The van der Waals surface area contributed by atoms with E-state index in [9.17, 15) is 4.79 Å². The number of benzene rings is 1. The Hall–Kier alpha value is -2.57. The second-order valence-electron chi connectivity index (χ2n) is 7.51. The third kappa shape index (κ3) is 6.06. The molecule has 7 heteroatoms. The third-order valence-electron chi connectivity index (χ3n) is 3.69. The minimum absolute atomic E-state index is 0.126. The standard InChI is InChI=1S/C19H28N4O3/c1-13-7-8-15(14(2)11-13)25-12-17-20-16(22-26-17)9-10-23(6)18(24)21-19(3,4)5/h7-8,11H,9-10,12H2,1-6H3,(H,21,24). The fraction of sp³-hybridized carbons (Fsp3) is 0.526. The number of nitrogens with zero attached hydrogens (tertiary/aromatic N) is 3. The number of aromatic nitrogens is 2. The molecule has 1 aromatic carbocycles. The van der Waals surface area contributed by atoms with Crippen molar-refractivity contribution in [3.8, 4) is 5.75 Å². The largest absolute Gasteiger partial charge is 0.483 e. The van der Waals surface area contributed by atoms with Gasteiger partial charge in [0.05, 0.1) is 0 Å². The van der Waals surface area contributed by atoms with Crippen LogP contribution in [0.2, 0.25) is 0 Å². The Balaban J connectivity index is 1.83. The Kier molecular flexibility index (Phi) is 6.23. The predicted molar refractivity (Wildman–Crippen MR) is 99.2 cm³/mol. The van der Waals surface area contributed by atoms with Gasteiger partial charge in [-0.2, -0.15) is 4.98 Å². The molecule has 142 valence electrons. The van der Waals surface area contributed by atoms with E-state index >= 15 is 0 Å². The fourth-order valence-corrected chi connectivity index (χ4v) is 2.34. The molecular formula is C19H28N4O3. The zero-order valence-electron chi connectivity index (χ0n) is 16.4. The Labute approximate surface area is 154 Å². The van der Waals surface area contributed by atoms with Crippen LogP contribution in [0.4, 0.5) is 4.79 Å². The number of hydrogen-bond acceptors (Lipinski definition) is 5. The molecule has 1 aromatic heterocycles. The number of ether oxygens (including phenoxy) is 1. The molecular weight excluding hydrogens is 332 g/mol. The van der Waals surface area contributed by atoms with Crippen molar-refractivity contribution in [1.29, 1.82) is 0 Å². The van der Waals surface area contributed by atoms with Crippen LogP contribution in [0, 0.1) is 13.8 Å². The number of aryl methyl sites for hydroxylation is 2. The summed E-state index contributed by atoms with van der Waals surface area (Å²) in [7, 11) is 1.74. The molecule has 0 radical (unpaired) electrons. The lowest BCUT2D eigenvalue weighted by Crippen LogP contribution is -2.47. The van der Waals surface area contributed by atoms with Crippen LogP contribution in [-0.4, -0.2) is 40.2 Å². The van der Waals surface area contributed by atoms with Crippen molar-refractivity contribution in [3.63, 3.8) is 0 Å². The molecule has 0 spiro atoms. The highest BCUT2D eigenvalue weighted by molar-refractivity contribution is 5.74. The minimum atomic E-state index is -0.268. The summed E-state index contributed by atoms with van der Waals surface area (Å²) in [6.45, 7) is 10.6. The van der Waals surface area contributed by atoms with Crippen LogP contribution in [0.15, 0.2) is 22.7 Å². The van der Waals surface area contributed by atoms with E-state index in [1.807, 2.05) is 46.8 Å². The molecule has 0 unspecified atom stereocenters. The molecule has 1 heterocycles. The van der Waals surface area contributed by atoms with Crippen molar-refractivity contribution in [2.24, 2.45) is 0 Å². The molecule has 0 bridgehead atoms. The van der Waals surface area contributed by atoms with Crippen molar-refractivity contribution >= 4 is 6.03 Å². The van der Waals surface area contributed by atoms with Crippen LogP contribution >= 0.6 is 0 Å². The normalized spacial score (nSPS) is 11.3. The van der Waals surface area contributed by atoms with E-state index in [1.165, 1.54) is 5.56 Å². The van der Waals surface area contributed by atoms with Crippen molar-refractivity contribution < 1.29 is 14.1 Å². The lowest BCUT2D eigenvalue weighted by atomic mass is 10.1. The predicted octanol–water partition coefficient (Wildman–Crippen LogP) is 3.25. The molecule has 0 aliphatic carbocycles. The molecule has 0 aliphatic heterocycles. The molecule has 7 nitrogen and oxygen atoms in total. The van der Waals surface area contributed by atoms with Gasteiger partial charge in [-0.25, -0.2) is 4.79 Å². The van der Waals surface area contributed by atoms with Gasteiger partial charge in [-0.05, 0) is 46.2 Å². The van der Waals surface area contributed by atoms with Gasteiger partial charge in [0, 0.05) is 25.6 Å². The smallest absolute Gasteiger partial charge is 0.317 e. The first-order valence-corrected chi connectivity index (χ1v) is 8.69. The number of rotatable bonds is 6. The van der Waals surface area contributed by atoms with Gasteiger partial charge in [-0.1, -0.05) is 22.9 Å². The van der Waals surface area contributed by atoms with Gasteiger partial charge < -0.3 is 19.5 Å². The first kappa shape index (κ1) is 19.8. The van der Waals surface area contributed by atoms with Crippen molar-refractivity contribution in [2.75, 3.05) is 13.6 Å². The Morgan fingerprint density at radius 1 is 1.31 bits per heavy atom. The number of urea groups is 1. The van der Waals surface area contributed by atoms with E-state index in [0.717, 1.165) is 11.3 Å². The highest BCUT2D eigenvalue weighted by Crippen LogP contribution is 2.19. The van der Waals surface area contributed by atoms with E-state index in [0.29, 0.717) is 24.7 Å². The van der Waals surface area contributed by atoms with Gasteiger partial charge >= 0.3 is 6.03 Å². The molecule has 0 atom stereocenters. The average Bonchev–Trinajstić information content (AvgIpc) is 2.98. The molecule has 0 fully saturated rings. The number of amides is 2. The number of nitrogens with one attached hydrogen (secondary N) is 1. The molecule has 26 heavy (non-hydrogen) atoms. The SMILES string of the molecule is Cc1ccc(OCc2nc(CCN(C)C(=O)NC(C)(C)C)no2)c(C)c1. The van der Waals surface area contributed by atoms with Crippen LogP contribution in [-0.2, 0) is 13.0 Å². The first-order valence-electron chi connectivity index (χ1n) is 8.69. The van der Waals surface area contributed by atoms with Crippen LogP contribution < -0.4 is 10.1 Å². The number of hydrogen-bond donors (Lipinski definition) is 1. The molecule has 0 saturated carbocycles. The number of carbonyl (C=O) groups is 1. The fourth-order valence-electron chi connectivity index (χ4n) is 2.34. The molecule has 1 N–H and O–H groups in total. The lowest BCUT2D eigenvalue weighted by molar-refractivity contribution is 0.199. The highest BCUT2D eigenvalue weighted by Gasteiger charge is 2.17. The Morgan fingerprint density at radius 2 is 2.04 bits per heavy atom. The van der Waals surface area contributed by atoms with Gasteiger partial charge in [0.1, 0.15) is 5.75 Å². The maximum Gasteiger partial charge on any atom is 0.317 e.